The Kier molecular flexibility index (Phi) is 10.1. The smallest absolute Gasteiger partial charge is 0.253 e. The van der Waals surface area contributed by atoms with Gasteiger partial charge in [0.1, 0.15) is 17.5 Å². The number of rotatable bonds is 11. The molecular weight excluding hydrogens is 462 g/mol. The van der Waals surface area contributed by atoms with Crippen molar-refractivity contribution in [2.45, 2.75) is 25.3 Å². The molecule has 0 spiro atoms. The first-order valence-corrected chi connectivity index (χ1v) is 12.1. The first-order valence-electron chi connectivity index (χ1n) is 12.1. The maximum Gasteiger partial charge on any atom is 0.253 e. The van der Waals surface area contributed by atoms with E-state index in [1.54, 1.807) is 74.8 Å². The Morgan fingerprint density at radius 1 is 0.944 bits per heavy atom. The van der Waals surface area contributed by atoms with Crippen molar-refractivity contribution in [1.29, 1.82) is 0 Å². The molecule has 0 aliphatic carbocycles. The number of amides is 3. The summed E-state index contributed by atoms with van der Waals surface area (Å²) in [6.45, 7) is 1.97. The molecule has 1 saturated heterocycles. The Bertz CT molecular complexity index is 1020. The van der Waals surface area contributed by atoms with Crippen LogP contribution >= 0.6 is 0 Å². The Morgan fingerprint density at radius 3 is 2.28 bits per heavy atom. The van der Waals surface area contributed by atoms with Crippen LogP contribution in [0.1, 0.15) is 40.0 Å². The van der Waals surface area contributed by atoms with Crippen LogP contribution in [0.25, 0.3) is 0 Å². The Hall–Kier alpha value is -3.59. The van der Waals surface area contributed by atoms with E-state index in [2.05, 4.69) is 10.6 Å². The third kappa shape index (κ3) is 7.21. The number of likely N-dealkylation sites (tertiary alicyclic amines) is 1. The summed E-state index contributed by atoms with van der Waals surface area (Å²) in [4.78, 5) is 40.8. The van der Waals surface area contributed by atoms with Gasteiger partial charge >= 0.3 is 0 Å². The van der Waals surface area contributed by atoms with Crippen molar-refractivity contribution >= 4 is 17.7 Å². The fraction of sp³-hybridized carbons (Fsp3) is 0.444. The molecule has 36 heavy (non-hydrogen) atoms. The van der Waals surface area contributed by atoms with Gasteiger partial charge in [-0.05, 0) is 67.6 Å². The van der Waals surface area contributed by atoms with Crippen LogP contribution in [0, 0.1) is 5.92 Å². The van der Waals surface area contributed by atoms with Gasteiger partial charge in [-0.1, -0.05) is 6.07 Å². The number of piperidine rings is 1. The molecule has 3 amide bonds. The summed E-state index contributed by atoms with van der Waals surface area (Å²) in [6.07, 6.45) is 1.86. The fourth-order valence-electron chi connectivity index (χ4n) is 4.28. The highest BCUT2D eigenvalue weighted by Gasteiger charge is 2.34. The largest absolute Gasteiger partial charge is 0.497 e. The molecule has 1 unspecified atom stereocenters. The van der Waals surface area contributed by atoms with Gasteiger partial charge in [0.05, 0.1) is 14.2 Å². The Labute approximate surface area is 212 Å². The number of carbonyl (C=O) groups is 3. The van der Waals surface area contributed by atoms with E-state index in [-0.39, 0.29) is 23.6 Å². The molecule has 1 aliphatic heterocycles. The van der Waals surface area contributed by atoms with Crippen LogP contribution in [0.4, 0.5) is 0 Å². The monoisotopic (exact) mass is 497 g/mol. The number of nitrogens with one attached hydrogen (secondary N) is 2. The molecule has 1 aliphatic rings. The first-order chi connectivity index (χ1) is 17.5. The van der Waals surface area contributed by atoms with E-state index < -0.39 is 6.04 Å². The lowest BCUT2D eigenvalue weighted by atomic mass is 9.88. The third-order valence-electron chi connectivity index (χ3n) is 6.36. The van der Waals surface area contributed by atoms with Crippen LogP contribution in [-0.2, 0) is 9.53 Å². The van der Waals surface area contributed by atoms with Crippen LogP contribution in [0.2, 0.25) is 0 Å². The normalized spacial score (nSPS) is 14.6. The maximum atomic E-state index is 13.1. The highest BCUT2D eigenvalue weighted by atomic mass is 16.5. The van der Waals surface area contributed by atoms with Crippen LogP contribution in [0.15, 0.2) is 48.5 Å². The quantitative estimate of drug-likeness (QED) is 0.462. The van der Waals surface area contributed by atoms with Gasteiger partial charge in [0, 0.05) is 44.5 Å². The van der Waals surface area contributed by atoms with E-state index in [9.17, 15) is 14.4 Å². The SMILES string of the molecule is COCCCNC(=O)C(NC(=O)c1ccc(OC)cc1)C1CCN(C(=O)c2cccc(OC)c2)CC1. The lowest BCUT2D eigenvalue weighted by Gasteiger charge is -2.36. The van der Waals surface area contributed by atoms with E-state index in [4.69, 9.17) is 14.2 Å². The number of benzene rings is 2. The molecule has 1 atom stereocenters. The highest BCUT2D eigenvalue weighted by Crippen LogP contribution is 2.24. The van der Waals surface area contributed by atoms with Crippen LogP contribution < -0.4 is 20.1 Å². The minimum Gasteiger partial charge on any atom is -0.497 e. The van der Waals surface area contributed by atoms with E-state index in [1.165, 1.54) is 0 Å². The van der Waals surface area contributed by atoms with E-state index >= 15 is 0 Å². The Morgan fingerprint density at radius 2 is 1.64 bits per heavy atom. The predicted octanol–water partition coefficient (Wildman–Crippen LogP) is 2.51. The molecule has 0 aromatic heterocycles. The predicted molar refractivity (Wildman–Crippen MR) is 135 cm³/mol. The molecule has 2 aromatic carbocycles. The average Bonchev–Trinajstić information content (AvgIpc) is 2.93. The average molecular weight is 498 g/mol. The lowest BCUT2D eigenvalue weighted by molar-refractivity contribution is -0.124. The topological polar surface area (TPSA) is 106 Å². The molecule has 194 valence electrons. The number of methoxy groups -OCH3 is 3. The molecule has 0 bridgehead atoms. The molecule has 9 nitrogen and oxygen atoms in total. The maximum absolute atomic E-state index is 13.1. The van der Waals surface area contributed by atoms with Crippen molar-refractivity contribution in [2.75, 3.05) is 47.6 Å². The summed E-state index contributed by atoms with van der Waals surface area (Å²) in [5.74, 6) is 0.531. The third-order valence-corrected chi connectivity index (χ3v) is 6.36. The molecule has 1 fully saturated rings. The van der Waals surface area contributed by atoms with Gasteiger partial charge in [-0.25, -0.2) is 0 Å². The van der Waals surface area contributed by atoms with Gasteiger partial charge in [0.2, 0.25) is 5.91 Å². The number of hydrogen-bond donors (Lipinski definition) is 2. The minimum atomic E-state index is -0.712. The van der Waals surface area contributed by atoms with Gasteiger partial charge in [-0.2, -0.15) is 0 Å². The van der Waals surface area contributed by atoms with Crippen molar-refractivity contribution in [3.8, 4) is 11.5 Å². The van der Waals surface area contributed by atoms with Crippen LogP contribution in [-0.4, -0.2) is 76.2 Å². The molecule has 2 N–H and O–H groups in total. The van der Waals surface area contributed by atoms with Gasteiger partial charge < -0.3 is 29.7 Å². The van der Waals surface area contributed by atoms with Crippen LogP contribution in [0.5, 0.6) is 11.5 Å². The van der Waals surface area contributed by atoms with Crippen molar-refractivity contribution in [3.63, 3.8) is 0 Å². The second kappa shape index (κ2) is 13.5. The zero-order valence-electron chi connectivity index (χ0n) is 21.1. The first kappa shape index (κ1) is 27.0. The second-order valence-corrected chi connectivity index (χ2v) is 8.68. The second-order valence-electron chi connectivity index (χ2n) is 8.68. The summed E-state index contributed by atoms with van der Waals surface area (Å²) < 4.78 is 15.4. The number of ether oxygens (including phenoxy) is 3. The standard InChI is InChI=1S/C27H35N3O6/c1-34-17-5-14-28-26(32)24(29-25(31)20-8-10-22(35-2)11-9-20)19-12-15-30(16-13-19)27(33)21-6-4-7-23(18-21)36-3/h4,6-11,18-19,24H,5,12-17H2,1-3H3,(H,28,32)(H,29,31). The Balaban J connectivity index is 1.67. The number of nitrogens with zero attached hydrogens (tertiary/aromatic N) is 1. The number of carbonyl (C=O) groups excluding carboxylic acids is 3. The molecular formula is C27H35N3O6. The highest BCUT2D eigenvalue weighted by molar-refractivity contribution is 5.98. The molecule has 0 saturated carbocycles. The summed E-state index contributed by atoms with van der Waals surface area (Å²) in [5.41, 5.74) is 1.01. The molecule has 1 heterocycles. The van der Waals surface area contributed by atoms with Crippen molar-refractivity contribution in [2.24, 2.45) is 5.92 Å². The summed E-state index contributed by atoms with van der Waals surface area (Å²) >= 11 is 0. The summed E-state index contributed by atoms with van der Waals surface area (Å²) in [6, 6.07) is 13.1. The fourth-order valence-corrected chi connectivity index (χ4v) is 4.28. The molecule has 3 rings (SSSR count). The van der Waals surface area contributed by atoms with Gasteiger partial charge in [-0.15, -0.1) is 0 Å². The minimum absolute atomic E-state index is 0.0739. The summed E-state index contributed by atoms with van der Waals surface area (Å²) in [5, 5.41) is 5.84. The number of hydrogen-bond acceptors (Lipinski definition) is 6. The van der Waals surface area contributed by atoms with Gasteiger partial charge in [0.25, 0.3) is 11.8 Å². The van der Waals surface area contributed by atoms with E-state index in [1.807, 2.05) is 0 Å². The van der Waals surface area contributed by atoms with E-state index in [0.29, 0.717) is 68.1 Å². The van der Waals surface area contributed by atoms with Crippen molar-refractivity contribution in [1.82, 2.24) is 15.5 Å². The zero-order chi connectivity index (χ0) is 25.9. The summed E-state index contributed by atoms with van der Waals surface area (Å²) in [7, 11) is 4.74. The van der Waals surface area contributed by atoms with Crippen molar-refractivity contribution < 1.29 is 28.6 Å². The van der Waals surface area contributed by atoms with E-state index in [0.717, 1.165) is 0 Å². The molecule has 9 heteroatoms. The van der Waals surface area contributed by atoms with Crippen molar-refractivity contribution in [3.05, 3.63) is 59.7 Å². The van der Waals surface area contributed by atoms with Crippen LogP contribution in [0.3, 0.4) is 0 Å². The zero-order valence-corrected chi connectivity index (χ0v) is 21.1. The molecule has 2 aromatic rings. The molecule has 0 radical (unpaired) electrons. The lowest BCUT2D eigenvalue weighted by Crippen LogP contribution is -2.54. The van der Waals surface area contributed by atoms with Gasteiger partial charge in [0.15, 0.2) is 0 Å². The van der Waals surface area contributed by atoms with Gasteiger partial charge in [-0.3, -0.25) is 14.4 Å².